The standard InChI is InChI=1S/C16H20N2O2/c1-13-12-18(10-5-11-20-13)16(19)15-8-3-2-6-14(15)7-4-9-17/h2-3,6,8,13H,5,9-12,17H2,1H3. The van der Waals surface area contributed by atoms with E-state index in [1.54, 1.807) is 0 Å². The smallest absolute Gasteiger partial charge is 0.255 e. The molecule has 0 spiro atoms. The SMILES string of the molecule is CC1CN(C(=O)c2ccccc2C#CCN)CCCO1. The molecule has 1 heterocycles. The Morgan fingerprint density at radius 3 is 3.10 bits per heavy atom. The van der Waals surface area contributed by atoms with E-state index in [0.717, 1.165) is 18.5 Å². The maximum atomic E-state index is 12.7. The number of benzene rings is 1. The zero-order chi connectivity index (χ0) is 14.4. The van der Waals surface area contributed by atoms with Crippen LogP contribution in [0.3, 0.4) is 0 Å². The lowest BCUT2D eigenvalue weighted by molar-refractivity contribution is 0.0562. The normalized spacial score (nSPS) is 18.9. The Labute approximate surface area is 119 Å². The Kier molecular flexibility index (Phi) is 5.16. The van der Waals surface area contributed by atoms with Gasteiger partial charge in [0.05, 0.1) is 18.2 Å². The van der Waals surface area contributed by atoms with Gasteiger partial charge in [-0.3, -0.25) is 4.79 Å². The number of hydrogen-bond acceptors (Lipinski definition) is 3. The molecule has 0 bridgehead atoms. The van der Waals surface area contributed by atoms with Crippen LogP contribution in [-0.2, 0) is 4.74 Å². The van der Waals surface area contributed by atoms with E-state index in [9.17, 15) is 4.79 Å². The van der Waals surface area contributed by atoms with Gasteiger partial charge in [-0.15, -0.1) is 0 Å². The molecule has 0 radical (unpaired) electrons. The highest BCUT2D eigenvalue weighted by atomic mass is 16.5. The molecule has 1 saturated heterocycles. The van der Waals surface area contributed by atoms with Gasteiger partial charge >= 0.3 is 0 Å². The third-order valence-electron chi connectivity index (χ3n) is 3.22. The summed E-state index contributed by atoms with van der Waals surface area (Å²) in [5, 5.41) is 0. The number of nitrogens with zero attached hydrogens (tertiary/aromatic N) is 1. The average Bonchev–Trinajstić information content (AvgIpc) is 2.69. The molecule has 4 heteroatoms. The van der Waals surface area contributed by atoms with Crippen molar-refractivity contribution in [1.29, 1.82) is 0 Å². The lowest BCUT2D eigenvalue weighted by atomic mass is 10.1. The highest BCUT2D eigenvalue weighted by Gasteiger charge is 2.22. The second-order valence-corrected chi connectivity index (χ2v) is 4.84. The summed E-state index contributed by atoms with van der Waals surface area (Å²) >= 11 is 0. The third kappa shape index (κ3) is 3.60. The van der Waals surface area contributed by atoms with Gasteiger partial charge in [-0.25, -0.2) is 0 Å². The van der Waals surface area contributed by atoms with Gasteiger partial charge in [0, 0.05) is 25.3 Å². The number of ether oxygens (including phenoxy) is 1. The number of rotatable bonds is 1. The molecular formula is C16H20N2O2. The molecule has 1 amide bonds. The van der Waals surface area contributed by atoms with Crippen LogP contribution < -0.4 is 5.73 Å². The molecule has 2 N–H and O–H groups in total. The van der Waals surface area contributed by atoms with Gasteiger partial charge in [0.1, 0.15) is 0 Å². The molecule has 0 saturated carbocycles. The number of hydrogen-bond donors (Lipinski definition) is 1. The average molecular weight is 272 g/mol. The second-order valence-electron chi connectivity index (χ2n) is 4.84. The largest absolute Gasteiger partial charge is 0.377 e. The summed E-state index contributed by atoms with van der Waals surface area (Å²) in [7, 11) is 0. The predicted molar refractivity (Wildman–Crippen MR) is 78.3 cm³/mol. The van der Waals surface area contributed by atoms with Gasteiger partial charge in [-0.2, -0.15) is 0 Å². The van der Waals surface area contributed by atoms with Gasteiger partial charge in [-0.1, -0.05) is 24.0 Å². The fourth-order valence-corrected chi connectivity index (χ4v) is 2.27. The maximum absolute atomic E-state index is 12.7. The van der Waals surface area contributed by atoms with Crippen molar-refractivity contribution < 1.29 is 9.53 Å². The Hall–Kier alpha value is -1.83. The number of nitrogens with two attached hydrogens (primary N) is 1. The highest BCUT2D eigenvalue weighted by molar-refractivity contribution is 5.96. The van der Waals surface area contributed by atoms with E-state index in [1.807, 2.05) is 36.1 Å². The van der Waals surface area contributed by atoms with E-state index in [0.29, 0.717) is 18.7 Å². The van der Waals surface area contributed by atoms with Crippen molar-refractivity contribution in [3.05, 3.63) is 35.4 Å². The van der Waals surface area contributed by atoms with Crippen molar-refractivity contribution in [2.24, 2.45) is 5.73 Å². The Balaban J connectivity index is 2.23. The van der Waals surface area contributed by atoms with Gasteiger partial charge in [0.2, 0.25) is 0 Å². The van der Waals surface area contributed by atoms with Crippen LogP contribution in [0.5, 0.6) is 0 Å². The van der Waals surface area contributed by atoms with E-state index in [1.165, 1.54) is 0 Å². The molecular weight excluding hydrogens is 252 g/mol. The number of amides is 1. The zero-order valence-electron chi connectivity index (χ0n) is 11.8. The van der Waals surface area contributed by atoms with Crippen LogP contribution in [0.15, 0.2) is 24.3 Å². The van der Waals surface area contributed by atoms with E-state index in [2.05, 4.69) is 11.8 Å². The molecule has 4 nitrogen and oxygen atoms in total. The maximum Gasteiger partial charge on any atom is 0.255 e. The van der Waals surface area contributed by atoms with Crippen molar-refractivity contribution in [2.75, 3.05) is 26.2 Å². The molecule has 1 atom stereocenters. The van der Waals surface area contributed by atoms with Crippen LogP contribution in [0, 0.1) is 11.8 Å². The molecule has 0 aliphatic carbocycles. The molecule has 2 rings (SSSR count). The van der Waals surface area contributed by atoms with Gasteiger partial charge in [-0.05, 0) is 25.5 Å². The van der Waals surface area contributed by atoms with Crippen molar-refractivity contribution >= 4 is 5.91 Å². The summed E-state index contributed by atoms with van der Waals surface area (Å²) in [6, 6.07) is 7.41. The topological polar surface area (TPSA) is 55.6 Å². The Morgan fingerprint density at radius 1 is 1.50 bits per heavy atom. The molecule has 1 aromatic carbocycles. The minimum Gasteiger partial charge on any atom is -0.377 e. The summed E-state index contributed by atoms with van der Waals surface area (Å²) in [5.74, 6) is 5.79. The molecule has 20 heavy (non-hydrogen) atoms. The van der Waals surface area contributed by atoms with Crippen LogP contribution in [0.4, 0.5) is 0 Å². The quantitative estimate of drug-likeness (QED) is 0.783. The van der Waals surface area contributed by atoms with E-state index in [-0.39, 0.29) is 18.6 Å². The molecule has 1 aromatic rings. The Bertz CT molecular complexity index is 531. The number of carbonyl (C=O) groups is 1. The molecule has 106 valence electrons. The lowest BCUT2D eigenvalue weighted by Gasteiger charge is -2.22. The van der Waals surface area contributed by atoms with Crippen LogP contribution in [0.2, 0.25) is 0 Å². The first-order chi connectivity index (χ1) is 9.72. The molecule has 1 fully saturated rings. The highest BCUT2D eigenvalue weighted by Crippen LogP contribution is 2.14. The van der Waals surface area contributed by atoms with Gasteiger partial charge in [0.15, 0.2) is 0 Å². The molecule has 0 aromatic heterocycles. The molecule has 1 unspecified atom stereocenters. The van der Waals surface area contributed by atoms with E-state index >= 15 is 0 Å². The number of carbonyl (C=O) groups excluding carboxylic acids is 1. The van der Waals surface area contributed by atoms with Crippen LogP contribution in [-0.4, -0.2) is 43.2 Å². The zero-order valence-corrected chi connectivity index (χ0v) is 11.8. The summed E-state index contributed by atoms with van der Waals surface area (Å²) in [6.45, 7) is 4.34. The third-order valence-corrected chi connectivity index (χ3v) is 3.22. The fourth-order valence-electron chi connectivity index (χ4n) is 2.27. The van der Waals surface area contributed by atoms with Crippen molar-refractivity contribution in [2.45, 2.75) is 19.4 Å². The van der Waals surface area contributed by atoms with Crippen molar-refractivity contribution in [3.63, 3.8) is 0 Å². The molecule has 1 aliphatic heterocycles. The predicted octanol–water partition coefficient (Wildman–Crippen LogP) is 1.25. The van der Waals surface area contributed by atoms with E-state index in [4.69, 9.17) is 10.5 Å². The van der Waals surface area contributed by atoms with Crippen molar-refractivity contribution in [3.8, 4) is 11.8 Å². The minimum absolute atomic E-state index is 0.0178. The van der Waals surface area contributed by atoms with Crippen molar-refractivity contribution in [1.82, 2.24) is 4.90 Å². The van der Waals surface area contributed by atoms with Crippen LogP contribution in [0.25, 0.3) is 0 Å². The minimum atomic E-state index is 0.0178. The fraction of sp³-hybridized carbons (Fsp3) is 0.438. The second kappa shape index (κ2) is 7.09. The monoisotopic (exact) mass is 272 g/mol. The lowest BCUT2D eigenvalue weighted by Crippen LogP contribution is -2.36. The summed E-state index contributed by atoms with van der Waals surface area (Å²) < 4.78 is 5.58. The first-order valence-electron chi connectivity index (χ1n) is 6.91. The summed E-state index contributed by atoms with van der Waals surface area (Å²) in [4.78, 5) is 14.5. The summed E-state index contributed by atoms with van der Waals surface area (Å²) in [5.41, 5.74) is 6.78. The molecule has 1 aliphatic rings. The van der Waals surface area contributed by atoms with Gasteiger partial charge < -0.3 is 15.4 Å². The van der Waals surface area contributed by atoms with E-state index < -0.39 is 0 Å². The first kappa shape index (κ1) is 14.6. The first-order valence-corrected chi connectivity index (χ1v) is 6.91. The summed E-state index contributed by atoms with van der Waals surface area (Å²) in [6.07, 6.45) is 0.941. The van der Waals surface area contributed by atoms with Gasteiger partial charge in [0.25, 0.3) is 5.91 Å². The van der Waals surface area contributed by atoms with Crippen LogP contribution >= 0.6 is 0 Å². The van der Waals surface area contributed by atoms with Crippen LogP contribution in [0.1, 0.15) is 29.3 Å². The Morgan fingerprint density at radius 2 is 2.30 bits per heavy atom.